The first-order valence-electron chi connectivity index (χ1n) is 10.9. The Morgan fingerprint density at radius 3 is 2.29 bits per heavy atom. The van der Waals surface area contributed by atoms with Crippen molar-refractivity contribution in [3.8, 4) is 5.75 Å². The van der Waals surface area contributed by atoms with Crippen LogP contribution in [0.15, 0.2) is 84.9 Å². The van der Waals surface area contributed by atoms with Gasteiger partial charge in [0.25, 0.3) is 0 Å². The van der Waals surface area contributed by atoms with E-state index in [0.717, 1.165) is 27.1 Å². The van der Waals surface area contributed by atoms with Gasteiger partial charge in [-0.1, -0.05) is 72.8 Å². The van der Waals surface area contributed by atoms with Gasteiger partial charge in [0.15, 0.2) is 0 Å². The van der Waals surface area contributed by atoms with Crippen LogP contribution in [0.3, 0.4) is 0 Å². The van der Waals surface area contributed by atoms with E-state index in [2.05, 4.69) is 10.6 Å². The summed E-state index contributed by atoms with van der Waals surface area (Å²) in [5.41, 5.74) is 0.833. The van der Waals surface area contributed by atoms with Crippen molar-refractivity contribution in [1.82, 2.24) is 10.6 Å². The molecule has 0 saturated carbocycles. The zero-order valence-corrected chi connectivity index (χ0v) is 18.6. The highest BCUT2D eigenvalue weighted by Crippen LogP contribution is 2.28. The molecule has 0 heterocycles. The second-order valence-electron chi connectivity index (χ2n) is 7.80. The minimum Gasteiger partial charge on any atom is -0.445 e. The van der Waals surface area contributed by atoms with Crippen LogP contribution in [-0.2, 0) is 20.9 Å². The van der Waals surface area contributed by atoms with Crippen molar-refractivity contribution in [2.45, 2.75) is 19.6 Å². The summed E-state index contributed by atoms with van der Waals surface area (Å²) in [5.74, 6) is -0.761. The van der Waals surface area contributed by atoms with Crippen LogP contribution >= 0.6 is 0 Å². The van der Waals surface area contributed by atoms with Crippen molar-refractivity contribution < 1.29 is 23.9 Å². The van der Waals surface area contributed by atoms with Crippen molar-refractivity contribution in [3.05, 3.63) is 90.5 Å². The number of ether oxygens (including phenoxy) is 2. The number of benzene rings is 4. The average molecular weight is 456 g/mol. The van der Waals surface area contributed by atoms with Gasteiger partial charge in [0.1, 0.15) is 24.9 Å². The number of alkyl carbamates (subject to hydrolysis) is 1. The molecule has 4 aromatic rings. The van der Waals surface area contributed by atoms with Gasteiger partial charge in [-0.05, 0) is 46.2 Å². The SMILES string of the molecule is CC(NC(=O)CNC(=O)OCc1ccccc1)C(=O)Oc1ccc2ccc3ccccc3c2c1. The van der Waals surface area contributed by atoms with E-state index in [1.54, 1.807) is 6.07 Å². The molecule has 1 unspecified atom stereocenters. The first kappa shape index (κ1) is 22.8. The molecule has 0 spiro atoms. The standard InChI is InChI=1S/C27H24N2O5/c1-18(29-25(30)16-28-27(32)33-17-19-7-3-2-4-8-19)26(31)34-22-14-13-21-12-11-20-9-5-6-10-23(20)24(21)15-22/h2-15,18H,16-17H2,1H3,(H,28,32)(H,29,30). The molecular formula is C27H24N2O5. The van der Waals surface area contributed by atoms with E-state index in [1.165, 1.54) is 6.92 Å². The van der Waals surface area contributed by atoms with Crippen LogP contribution < -0.4 is 15.4 Å². The van der Waals surface area contributed by atoms with Crippen LogP contribution in [0.2, 0.25) is 0 Å². The van der Waals surface area contributed by atoms with Crippen LogP contribution in [-0.4, -0.2) is 30.6 Å². The Labute approximate surface area is 196 Å². The Morgan fingerprint density at radius 2 is 1.50 bits per heavy atom. The van der Waals surface area contributed by atoms with Gasteiger partial charge in [-0.15, -0.1) is 0 Å². The molecule has 0 aliphatic carbocycles. The predicted octanol–water partition coefficient (Wildman–Crippen LogP) is 4.33. The fourth-order valence-corrected chi connectivity index (χ4v) is 3.53. The molecule has 0 saturated heterocycles. The number of nitrogens with one attached hydrogen (secondary N) is 2. The quantitative estimate of drug-likeness (QED) is 0.245. The fraction of sp³-hybridized carbons (Fsp3) is 0.148. The van der Waals surface area contributed by atoms with Crippen LogP contribution in [0.4, 0.5) is 4.79 Å². The monoisotopic (exact) mass is 456 g/mol. The molecule has 172 valence electrons. The molecule has 1 atom stereocenters. The zero-order chi connectivity index (χ0) is 23.9. The fourth-order valence-electron chi connectivity index (χ4n) is 3.53. The molecule has 4 aromatic carbocycles. The van der Waals surface area contributed by atoms with Crippen molar-refractivity contribution in [2.75, 3.05) is 6.54 Å². The first-order chi connectivity index (χ1) is 16.5. The minimum absolute atomic E-state index is 0.0953. The molecule has 0 aliphatic rings. The lowest BCUT2D eigenvalue weighted by Crippen LogP contribution is -2.45. The smallest absolute Gasteiger partial charge is 0.407 e. The van der Waals surface area contributed by atoms with Gasteiger partial charge in [-0.3, -0.25) is 4.79 Å². The van der Waals surface area contributed by atoms with Gasteiger partial charge in [0.05, 0.1) is 0 Å². The third kappa shape index (κ3) is 5.69. The Balaban J connectivity index is 1.28. The van der Waals surface area contributed by atoms with E-state index < -0.39 is 24.0 Å². The number of fused-ring (bicyclic) bond motifs is 3. The Bertz CT molecular complexity index is 1340. The number of carbonyl (C=O) groups is 3. The van der Waals surface area contributed by atoms with Crippen molar-refractivity contribution >= 4 is 39.5 Å². The molecule has 2 amide bonds. The van der Waals surface area contributed by atoms with Crippen molar-refractivity contribution in [2.24, 2.45) is 0 Å². The second kappa shape index (κ2) is 10.5. The molecule has 0 fully saturated rings. The predicted molar refractivity (Wildman–Crippen MR) is 129 cm³/mol. The summed E-state index contributed by atoms with van der Waals surface area (Å²) >= 11 is 0. The van der Waals surface area contributed by atoms with Gasteiger partial charge >= 0.3 is 12.1 Å². The summed E-state index contributed by atoms with van der Waals surface area (Å²) in [4.78, 5) is 36.4. The Hall–Kier alpha value is -4.39. The van der Waals surface area contributed by atoms with E-state index >= 15 is 0 Å². The number of esters is 1. The highest BCUT2D eigenvalue weighted by atomic mass is 16.5. The largest absolute Gasteiger partial charge is 0.445 e. The van der Waals surface area contributed by atoms with E-state index in [4.69, 9.17) is 9.47 Å². The van der Waals surface area contributed by atoms with Crippen molar-refractivity contribution in [3.63, 3.8) is 0 Å². The summed E-state index contributed by atoms with van der Waals surface area (Å²) in [6, 6.07) is 25.7. The lowest BCUT2D eigenvalue weighted by atomic mass is 10.0. The van der Waals surface area contributed by atoms with E-state index in [0.29, 0.717) is 5.75 Å². The third-order valence-corrected chi connectivity index (χ3v) is 5.27. The van der Waals surface area contributed by atoms with Gasteiger partial charge < -0.3 is 20.1 Å². The summed E-state index contributed by atoms with van der Waals surface area (Å²) in [6.07, 6.45) is -0.724. The molecule has 0 radical (unpaired) electrons. The highest BCUT2D eigenvalue weighted by molar-refractivity contribution is 6.08. The Morgan fingerprint density at radius 1 is 0.824 bits per heavy atom. The number of hydrogen-bond donors (Lipinski definition) is 2. The van der Waals surface area contributed by atoms with Crippen LogP contribution in [0, 0.1) is 0 Å². The lowest BCUT2D eigenvalue weighted by molar-refractivity contribution is -0.138. The molecule has 0 aliphatic heterocycles. The Kier molecular flexibility index (Phi) is 7.03. The summed E-state index contributed by atoms with van der Waals surface area (Å²) in [7, 11) is 0. The van der Waals surface area contributed by atoms with Gasteiger partial charge in [-0.2, -0.15) is 0 Å². The molecule has 34 heavy (non-hydrogen) atoms. The van der Waals surface area contributed by atoms with Gasteiger partial charge in [0, 0.05) is 0 Å². The normalized spacial score (nSPS) is 11.6. The molecule has 4 rings (SSSR count). The number of hydrogen-bond acceptors (Lipinski definition) is 5. The first-order valence-corrected chi connectivity index (χ1v) is 10.9. The molecular weight excluding hydrogens is 432 g/mol. The molecule has 7 heteroatoms. The minimum atomic E-state index is -0.905. The number of carbonyl (C=O) groups excluding carboxylic acids is 3. The van der Waals surface area contributed by atoms with Gasteiger partial charge in [0.2, 0.25) is 5.91 Å². The molecule has 0 bridgehead atoms. The molecule has 2 N–H and O–H groups in total. The maximum atomic E-state index is 12.5. The van der Waals surface area contributed by atoms with Crippen LogP contribution in [0.5, 0.6) is 5.75 Å². The summed E-state index contributed by atoms with van der Waals surface area (Å²) in [5, 5.41) is 9.02. The number of amides is 2. The van der Waals surface area contributed by atoms with E-state index in [1.807, 2.05) is 78.9 Å². The maximum Gasteiger partial charge on any atom is 0.407 e. The maximum absolute atomic E-state index is 12.5. The summed E-state index contributed by atoms with van der Waals surface area (Å²) < 4.78 is 10.5. The van der Waals surface area contributed by atoms with Crippen LogP contribution in [0.25, 0.3) is 21.5 Å². The van der Waals surface area contributed by atoms with E-state index in [-0.39, 0.29) is 13.2 Å². The number of rotatable bonds is 7. The second-order valence-corrected chi connectivity index (χ2v) is 7.80. The molecule has 7 nitrogen and oxygen atoms in total. The lowest BCUT2D eigenvalue weighted by Gasteiger charge is -2.14. The topological polar surface area (TPSA) is 93.7 Å². The average Bonchev–Trinajstić information content (AvgIpc) is 2.86. The van der Waals surface area contributed by atoms with E-state index in [9.17, 15) is 14.4 Å². The molecule has 0 aromatic heterocycles. The van der Waals surface area contributed by atoms with Gasteiger partial charge in [-0.25, -0.2) is 9.59 Å². The summed E-state index contributed by atoms with van der Waals surface area (Å²) in [6.45, 7) is 1.29. The highest BCUT2D eigenvalue weighted by Gasteiger charge is 2.18. The van der Waals surface area contributed by atoms with Crippen LogP contribution in [0.1, 0.15) is 12.5 Å². The third-order valence-electron chi connectivity index (χ3n) is 5.27. The van der Waals surface area contributed by atoms with Crippen molar-refractivity contribution in [1.29, 1.82) is 0 Å². The zero-order valence-electron chi connectivity index (χ0n) is 18.6.